The number of carbonyl (C=O) groups excluding carboxylic acids is 1. The molecule has 0 radical (unpaired) electrons. The summed E-state index contributed by atoms with van der Waals surface area (Å²) in [4.78, 5) is 20.7. The third-order valence-electron chi connectivity index (χ3n) is 7.30. The molecule has 2 saturated heterocycles. The number of thiophene rings is 1. The minimum Gasteiger partial charge on any atom is -0.372 e. The number of rotatable bonds is 9. The van der Waals surface area contributed by atoms with Crippen LogP contribution in [0.2, 0.25) is 0 Å². The summed E-state index contributed by atoms with van der Waals surface area (Å²) >= 11 is 1.64. The normalized spacial score (nSPS) is 17.1. The molecule has 6 nitrogen and oxygen atoms in total. The van der Waals surface area contributed by atoms with Crippen molar-refractivity contribution < 1.29 is 9.53 Å². The first kappa shape index (κ1) is 25.5. The van der Waals surface area contributed by atoms with Crippen LogP contribution in [0.1, 0.15) is 40.5 Å². The largest absolute Gasteiger partial charge is 0.372 e. The van der Waals surface area contributed by atoms with Crippen LogP contribution in [0.15, 0.2) is 66.0 Å². The Morgan fingerprint density at radius 2 is 1.76 bits per heavy atom. The second-order valence-corrected chi connectivity index (χ2v) is 10.9. The lowest BCUT2D eigenvalue weighted by Gasteiger charge is -2.36. The lowest BCUT2D eigenvalue weighted by atomic mass is 10.1. The van der Waals surface area contributed by atoms with Crippen LogP contribution in [0, 0.1) is 11.3 Å². The minimum absolute atomic E-state index is 0.0773. The molecule has 37 heavy (non-hydrogen) atoms. The molecule has 2 fully saturated rings. The zero-order valence-electron chi connectivity index (χ0n) is 21.2. The van der Waals surface area contributed by atoms with E-state index in [9.17, 15) is 4.79 Å². The van der Waals surface area contributed by atoms with Gasteiger partial charge in [-0.3, -0.25) is 9.69 Å². The Bertz CT molecular complexity index is 1190. The van der Waals surface area contributed by atoms with Crippen molar-refractivity contribution in [1.82, 2.24) is 9.80 Å². The molecule has 7 heteroatoms. The minimum atomic E-state index is -0.0773. The Labute approximate surface area is 223 Å². The van der Waals surface area contributed by atoms with Gasteiger partial charge in [0, 0.05) is 56.4 Å². The fraction of sp³-hybridized carbons (Fsp3) is 0.400. The lowest BCUT2D eigenvalue weighted by molar-refractivity contribution is -0.132. The molecule has 0 unspecified atom stereocenters. The van der Waals surface area contributed by atoms with Crippen LogP contribution in [-0.2, 0) is 22.6 Å². The van der Waals surface area contributed by atoms with E-state index in [0.29, 0.717) is 18.6 Å². The van der Waals surface area contributed by atoms with Gasteiger partial charge in [0.25, 0.3) is 0 Å². The average Bonchev–Trinajstić information content (AvgIpc) is 3.67. The Morgan fingerprint density at radius 1 is 0.973 bits per heavy atom. The Hall–Kier alpha value is -3.18. The lowest BCUT2D eigenvalue weighted by Crippen LogP contribution is -2.50. The molecule has 3 heterocycles. The van der Waals surface area contributed by atoms with Crippen molar-refractivity contribution in [2.24, 2.45) is 0 Å². The summed E-state index contributed by atoms with van der Waals surface area (Å²) in [5.41, 5.74) is 4.18. The van der Waals surface area contributed by atoms with Gasteiger partial charge in [0.05, 0.1) is 30.8 Å². The summed E-state index contributed by atoms with van der Waals surface area (Å²) in [7, 11) is 0. The SMILES string of the molecule is N#Cc1ccc(CO[C@@H](CN2CCN(C(=O)Cc3cccs3)CC2)c2cccc(N3CCCC3)c2)cc1. The zero-order valence-corrected chi connectivity index (χ0v) is 22.0. The van der Waals surface area contributed by atoms with E-state index >= 15 is 0 Å². The topological polar surface area (TPSA) is 59.8 Å². The highest BCUT2D eigenvalue weighted by atomic mass is 32.1. The number of benzene rings is 2. The van der Waals surface area contributed by atoms with Crippen LogP contribution >= 0.6 is 11.3 Å². The molecule has 2 aliphatic heterocycles. The maximum absolute atomic E-state index is 12.7. The number of anilines is 1. The molecule has 5 rings (SSSR count). The van der Waals surface area contributed by atoms with Gasteiger partial charge in [-0.1, -0.05) is 30.3 Å². The van der Waals surface area contributed by atoms with Gasteiger partial charge < -0.3 is 14.5 Å². The van der Waals surface area contributed by atoms with Crippen molar-refractivity contribution in [1.29, 1.82) is 5.26 Å². The van der Waals surface area contributed by atoms with Crippen LogP contribution in [0.5, 0.6) is 0 Å². The maximum Gasteiger partial charge on any atom is 0.227 e. The monoisotopic (exact) mass is 514 g/mol. The van der Waals surface area contributed by atoms with Crippen LogP contribution in [0.3, 0.4) is 0 Å². The van der Waals surface area contributed by atoms with Crippen molar-refractivity contribution >= 4 is 22.9 Å². The van der Waals surface area contributed by atoms with Gasteiger partial charge in [0.15, 0.2) is 0 Å². The standard InChI is InChI=1S/C30H34N4O2S/c31-21-24-8-10-25(11-9-24)23-36-29(26-5-3-6-27(19-26)33-12-1-2-13-33)22-32-14-16-34(17-15-32)30(35)20-28-7-4-18-37-28/h3-11,18-19,29H,1-2,12-17,20,22-23H2/t29-/m0/s1. The molecule has 1 atom stereocenters. The zero-order chi connectivity index (χ0) is 25.5. The number of piperazine rings is 1. The van der Waals surface area contributed by atoms with Crippen LogP contribution in [0.4, 0.5) is 5.69 Å². The van der Waals surface area contributed by atoms with E-state index in [-0.39, 0.29) is 12.0 Å². The second kappa shape index (κ2) is 12.4. The van der Waals surface area contributed by atoms with Crippen LogP contribution < -0.4 is 4.90 Å². The van der Waals surface area contributed by atoms with Crippen molar-refractivity contribution in [3.63, 3.8) is 0 Å². The number of hydrogen-bond acceptors (Lipinski definition) is 6. The van der Waals surface area contributed by atoms with E-state index in [1.165, 1.54) is 24.1 Å². The van der Waals surface area contributed by atoms with Gasteiger partial charge in [-0.2, -0.15) is 5.26 Å². The summed E-state index contributed by atoms with van der Waals surface area (Å²) in [6.07, 6.45) is 2.92. The van der Waals surface area contributed by atoms with E-state index in [1.54, 1.807) is 11.3 Å². The predicted molar refractivity (Wildman–Crippen MR) is 148 cm³/mol. The van der Waals surface area contributed by atoms with E-state index in [4.69, 9.17) is 10.00 Å². The Kier molecular flexibility index (Phi) is 8.52. The third kappa shape index (κ3) is 6.78. The van der Waals surface area contributed by atoms with Gasteiger partial charge in [-0.05, 0) is 59.7 Å². The van der Waals surface area contributed by atoms with E-state index in [2.05, 4.69) is 40.1 Å². The number of carbonyl (C=O) groups is 1. The molecule has 1 aromatic heterocycles. The molecule has 3 aromatic rings. The smallest absolute Gasteiger partial charge is 0.227 e. The molecular weight excluding hydrogens is 480 g/mol. The van der Waals surface area contributed by atoms with Gasteiger partial charge in [0.1, 0.15) is 0 Å². The number of ether oxygens (including phenoxy) is 1. The molecule has 0 spiro atoms. The second-order valence-electron chi connectivity index (χ2n) is 9.84. The fourth-order valence-corrected chi connectivity index (χ4v) is 5.81. The number of nitrogens with zero attached hydrogens (tertiary/aromatic N) is 4. The molecule has 0 bridgehead atoms. The molecule has 2 aromatic carbocycles. The first-order valence-electron chi connectivity index (χ1n) is 13.2. The molecule has 0 N–H and O–H groups in total. The summed E-state index contributed by atoms with van der Waals surface area (Å²) in [5, 5.41) is 11.1. The molecule has 0 aliphatic carbocycles. The average molecular weight is 515 g/mol. The van der Waals surface area contributed by atoms with Crippen LogP contribution in [0.25, 0.3) is 0 Å². The fourth-order valence-electron chi connectivity index (χ4n) is 5.11. The molecule has 2 aliphatic rings. The number of nitriles is 1. The highest BCUT2D eigenvalue weighted by molar-refractivity contribution is 7.10. The first-order valence-corrected chi connectivity index (χ1v) is 14.0. The predicted octanol–water partition coefficient (Wildman–Crippen LogP) is 4.86. The highest BCUT2D eigenvalue weighted by Crippen LogP contribution is 2.28. The van der Waals surface area contributed by atoms with Gasteiger partial charge >= 0.3 is 0 Å². The van der Waals surface area contributed by atoms with Crippen molar-refractivity contribution in [3.8, 4) is 6.07 Å². The summed E-state index contributed by atoms with van der Waals surface area (Å²) in [5.74, 6) is 0.217. The molecule has 192 valence electrons. The first-order chi connectivity index (χ1) is 18.2. The summed E-state index contributed by atoms with van der Waals surface area (Å²) < 4.78 is 6.53. The maximum atomic E-state index is 12.7. The van der Waals surface area contributed by atoms with Crippen LogP contribution in [-0.4, -0.2) is 61.5 Å². The van der Waals surface area contributed by atoms with Crippen molar-refractivity contribution in [3.05, 3.63) is 87.6 Å². The van der Waals surface area contributed by atoms with Crippen molar-refractivity contribution in [2.75, 3.05) is 50.7 Å². The summed E-state index contributed by atoms with van der Waals surface area (Å²) in [6, 6.07) is 22.6. The van der Waals surface area contributed by atoms with E-state index < -0.39 is 0 Å². The van der Waals surface area contributed by atoms with Gasteiger partial charge in [-0.15, -0.1) is 11.3 Å². The summed E-state index contributed by atoms with van der Waals surface area (Å²) in [6.45, 7) is 6.69. The molecule has 1 amide bonds. The van der Waals surface area contributed by atoms with E-state index in [1.807, 2.05) is 46.7 Å². The molecule has 0 saturated carbocycles. The van der Waals surface area contributed by atoms with Crippen molar-refractivity contribution in [2.45, 2.75) is 32.0 Å². The van der Waals surface area contributed by atoms with E-state index in [0.717, 1.165) is 56.3 Å². The quantitative estimate of drug-likeness (QED) is 0.408. The van der Waals surface area contributed by atoms with Gasteiger partial charge in [-0.25, -0.2) is 0 Å². The van der Waals surface area contributed by atoms with Gasteiger partial charge in [0.2, 0.25) is 5.91 Å². The number of amides is 1. The molecular formula is C30H34N4O2S. The Balaban J connectivity index is 1.24. The Morgan fingerprint density at radius 3 is 2.46 bits per heavy atom. The highest BCUT2D eigenvalue weighted by Gasteiger charge is 2.25. The third-order valence-corrected chi connectivity index (χ3v) is 8.18. The number of hydrogen-bond donors (Lipinski definition) is 0.